The molecule has 130 valence electrons. The van der Waals surface area contributed by atoms with E-state index in [1.54, 1.807) is 7.05 Å². The van der Waals surface area contributed by atoms with Gasteiger partial charge in [0.15, 0.2) is 5.78 Å². The molecule has 1 aliphatic heterocycles. The normalized spacial score (nSPS) is 12.9. The Morgan fingerprint density at radius 1 is 1.20 bits per heavy atom. The maximum Gasteiger partial charge on any atom is 0.332 e. The summed E-state index contributed by atoms with van der Waals surface area (Å²) in [6.07, 6.45) is 0.362. The number of rotatable bonds is 3. The minimum absolute atomic E-state index is 0.0305. The van der Waals surface area contributed by atoms with Crippen molar-refractivity contribution in [1.29, 1.82) is 0 Å². The molecular weight excluding hydrogens is 338 g/mol. The average molecular weight is 357 g/mol. The van der Waals surface area contributed by atoms with Gasteiger partial charge in [0.05, 0.1) is 16.4 Å². The minimum atomic E-state index is -0.398. The van der Waals surface area contributed by atoms with Gasteiger partial charge in [-0.3, -0.25) is 18.7 Å². The largest absolute Gasteiger partial charge is 0.332 e. The van der Waals surface area contributed by atoms with Crippen LogP contribution < -0.4 is 11.2 Å². The molecular formula is C18H19N3O3S. The first-order valence-corrected chi connectivity index (χ1v) is 8.88. The van der Waals surface area contributed by atoms with Crippen LogP contribution in [0.4, 0.5) is 5.82 Å². The van der Waals surface area contributed by atoms with E-state index in [1.807, 2.05) is 32.0 Å². The number of hydrogen-bond donors (Lipinski definition) is 0. The van der Waals surface area contributed by atoms with E-state index in [1.165, 1.54) is 23.4 Å². The highest BCUT2D eigenvalue weighted by Gasteiger charge is 2.24. The summed E-state index contributed by atoms with van der Waals surface area (Å²) in [5.74, 6) is 0.683. The molecule has 0 bridgehead atoms. The Morgan fingerprint density at radius 2 is 1.92 bits per heavy atom. The van der Waals surface area contributed by atoms with Crippen LogP contribution in [0.3, 0.4) is 0 Å². The Kier molecular flexibility index (Phi) is 4.51. The van der Waals surface area contributed by atoms with Gasteiger partial charge in [0.25, 0.3) is 5.56 Å². The molecule has 0 radical (unpaired) electrons. The molecule has 1 aliphatic rings. The standard InChI is InChI=1S/C18H19N3O3S/c1-10-5-6-12(11(2)7-10)14(22)9-25-15-8-13-16(19-15)20(3)18(24)21(4)17(13)23/h5-7H,8-9H2,1-4H3. The number of benzene rings is 1. The van der Waals surface area contributed by atoms with Gasteiger partial charge in [0, 0.05) is 26.1 Å². The molecule has 0 saturated carbocycles. The van der Waals surface area contributed by atoms with E-state index in [-0.39, 0.29) is 17.1 Å². The first-order chi connectivity index (χ1) is 11.8. The number of Topliss-reactive ketones (excluding diaryl/α,β-unsaturated/α-hetero) is 1. The third-order valence-corrected chi connectivity index (χ3v) is 5.31. The van der Waals surface area contributed by atoms with E-state index in [9.17, 15) is 14.4 Å². The number of hydrogen-bond acceptors (Lipinski definition) is 5. The van der Waals surface area contributed by atoms with Crippen molar-refractivity contribution in [2.75, 3.05) is 5.75 Å². The quantitative estimate of drug-likeness (QED) is 0.787. The molecule has 25 heavy (non-hydrogen) atoms. The SMILES string of the molecule is Cc1ccc(C(=O)CSC2=Nc3c(c(=O)n(C)c(=O)n3C)C2)c(C)c1. The van der Waals surface area contributed by atoms with Crippen molar-refractivity contribution in [3.8, 4) is 0 Å². The summed E-state index contributed by atoms with van der Waals surface area (Å²) in [5, 5.41) is 0.686. The smallest absolute Gasteiger partial charge is 0.293 e. The predicted molar refractivity (Wildman–Crippen MR) is 100 cm³/mol. The maximum absolute atomic E-state index is 12.5. The molecule has 0 amide bonds. The fourth-order valence-electron chi connectivity index (χ4n) is 2.95. The highest BCUT2D eigenvalue weighted by Crippen LogP contribution is 2.27. The van der Waals surface area contributed by atoms with E-state index in [2.05, 4.69) is 4.99 Å². The minimum Gasteiger partial charge on any atom is -0.293 e. The van der Waals surface area contributed by atoms with Crippen LogP contribution in [-0.2, 0) is 20.5 Å². The summed E-state index contributed by atoms with van der Waals surface area (Å²) in [7, 11) is 3.05. The highest BCUT2D eigenvalue weighted by atomic mass is 32.2. The van der Waals surface area contributed by atoms with Gasteiger partial charge in [0.2, 0.25) is 0 Å². The van der Waals surface area contributed by atoms with Crippen molar-refractivity contribution < 1.29 is 4.79 Å². The number of fused-ring (bicyclic) bond motifs is 1. The van der Waals surface area contributed by atoms with Gasteiger partial charge in [0.1, 0.15) is 5.82 Å². The molecule has 0 fully saturated rings. The molecule has 1 aromatic carbocycles. The van der Waals surface area contributed by atoms with Crippen LogP contribution in [-0.4, -0.2) is 25.7 Å². The lowest BCUT2D eigenvalue weighted by atomic mass is 10.0. The number of thioether (sulfide) groups is 1. The number of carbonyl (C=O) groups excluding carboxylic acids is 1. The van der Waals surface area contributed by atoms with Crippen LogP contribution in [0.2, 0.25) is 0 Å². The Bertz CT molecular complexity index is 1030. The molecule has 1 aromatic heterocycles. The highest BCUT2D eigenvalue weighted by molar-refractivity contribution is 8.14. The fraction of sp³-hybridized carbons (Fsp3) is 0.333. The van der Waals surface area contributed by atoms with Gasteiger partial charge < -0.3 is 0 Å². The zero-order chi connectivity index (χ0) is 18.3. The van der Waals surface area contributed by atoms with Gasteiger partial charge in [-0.2, -0.15) is 0 Å². The second-order valence-corrected chi connectivity index (χ2v) is 7.27. The number of ketones is 1. The average Bonchev–Trinajstić information content (AvgIpc) is 3.00. The van der Waals surface area contributed by atoms with Crippen LogP contribution >= 0.6 is 11.8 Å². The van der Waals surface area contributed by atoms with Crippen LogP contribution in [0.1, 0.15) is 27.0 Å². The molecule has 3 rings (SSSR count). The number of nitrogens with zero attached hydrogens (tertiary/aromatic N) is 3. The number of carbonyl (C=O) groups is 1. The van der Waals surface area contributed by atoms with Crippen LogP contribution in [0.15, 0.2) is 32.8 Å². The molecule has 6 nitrogen and oxygen atoms in total. The lowest BCUT2D eigenvalue weighted by molar-refractivity contribution is 0.102. The van der Waals surface area contributed by atoms with Crippen LogP contribution in [0.5, 0.6) is 0 Å². The molecule has 2 aromatic rings. The van der Waals surface area contributed by atoms with Crippen molar-refractivity contribution in [2.24, 2.45) is 19.1 Å². The summed E-state index contributed by atoms with van der Waals surface area (Å²) in [6, 6.07) is 5.76. The second-order valence-electron chi connectivity index (χ2n) is 6.22. The summed E-state index contributed by atoms with van der Waals surface area (Å²) in [4.78, 5) is 41.0. The van der Waals surface area contributed by atoms with Crippen molar-refractivity contribution in [3.63, 3.8) is 0 Å². The van der Waals surface area contributed by atoms with Gasteiger partial charge in [-0.25, -0.2) is 9.79 Å². The zero-order valence-electron chi connectivity index (χ0n) is 14.6. The topological polar surface area (TPSA) is 73.4 Å². The summed E-state index contributed by atoms with van der Waals surface area (Å²) < 4.78 is 2.46. The van der Waals surface area contributed by atoms with Crippen LogP contribution in [0.25, 0.3) is 0 Å². The predicted octanol–water partition coefficient (Wildman–Crippen LogP) is 1.90. The summed E-state index contributed by atoms with van der Waals surface area (Å²) in [5.41, 5.74) is 2.57. The van der Waals surface area contributed by atoms with Crippen molar-refractivity contribution in [1.82, 2.24) is 9.13 Å². The van der Waals surface area contributed by atoms with Gasteiger partial charge >= 0.3 is 5.69 Å². The van der Waals surface area contributed by atoms with E-state index in [4.69, 9.17) is 0 Å². The van der Waals surface area contributed by atoms with E-state index >= 15 is 0 Å². The summed E-state index contributed by atoms with van der Waals surface area (Å²) in [6.45, 7) is 3.92. The molecule has 0 saturated heterocycles. The Hall–Kier alpha value is -2.41. The molecule has 0 spiro atoms. The van der Waals surface area contributed by atoms with E-state index < -0.39 is 5.69 Å². The number of aromatic nitrogens is 2. The monoisotopic (exact) mass is 357 g/mol. The van der Waals surface area contributed by atoms with Crippen molar-refractivity contribution in [2.45, 2.75) is 20.3 Å². The molecule has 2 heterocycles. The molecule has 0 atom stereocenters. The number of aryl methyl sites for hydroxylation is 2. The maximum atomic E-state index is 12.5. The summed E-state index contributed by atoms with van der Waals surface area (Å²) >= 11 is 1.32. The first-order valence-electron chi connectivity index (χ1n) is 7.89. The Morgan fingerprint density at radius 3 is 2.60 bits per heavy atom. The lowest BCUT2D eigenvalue weighted by Crippen LogP contribution is -2.38. The lowest BCUT2D eigenvalue weighted by Gasteiger charge is -2.06. The second kappa shape index (κ2) is 6.48. The third-order valence-electron chi connectivity index (χ3n) is 4.34. The van der Waals surface area contributed by atoms with Gasteiger partial charge in [-0.15, -0.1) is 11.8 Å². The third kappa shape index (κ3) is 3.11. The van der Waals surface area contributed by atoms with Crippen molar-refractivity contribution in [3.05, 3.63) is 61.3 Å². The van der Waals surface area contributed by atoms with Crippen LogP contribution in [0, 0.1) is 13.8 Å². The molecule has 0 unspecified atom stereocenters. The van der Waals surface area contributed by atoms with Crippen molar-refractivity contribution >= 4 is 28.4 Å². The van der Waals surface area contributed by atoms with Gasteiger partial charge in [-0.05, 0) is 19.4 Å². The Balaban J connectivity index is 1.78. The number of aliphatic imine (C=N–C) groups is 1. The first kappa shape index (κ1) is 17.4. The van der Waals surface area contributed by atoms with E-state index in [0.717, 1.165) is 15.7 Å². The molecule has 7 heteroatoms. The molecule has 0 N–H and O–H groups in total. The Labute approximate surface area is 149 Å². The fourth-order valence-corrected chi connectivity index (χ4v) is 3.80. The zero-order valence-corrected chi connectivity index (χ0v) is 15.4. The van der Waals surface area contributed by atoms with Gasteiger partial charge in [-0.1, -0.05) is 23.8 Å². The van der Waals surface area contributed by atoms with E-state index in [0.29, 0.717) is 28.4 Å². The molecule has 0 aliphatic carbocycles.